The number of fused-ring (bicyclic) bond motifs is 3. The fraction of sp³-hybridized carbons (Fsp3) is 0.0800. The molecule has 7 aromatic carbocycles. The second-order valence-corrected chi connectivity index (χ2v) is 14.1. The highest BCUT2D eigenvalue weighted by Gasteiger charge is 2.27. The van der Waals surface area contributed by atoms with E-state index < -0.39 is 6.17 Å². The monoisotopic (exact) mass is 716 g/mol. The van der Waals surface area contributed by atoms with Crippen LogP contribution in [0.1, 0.15) is 12.8 Å². The number of nitrogens with zero attached hydrogens (tertiary/aromatic N) is 2. The first-order valence-corrected chi connectivity index (χ1v) is 18.8. The van der Waals surface area contributed by atoms with Gasteiger partial charge in [0.2, 0.25) is 0 Å². The summed E-state index contributed by atoms with van der Waals surface area (Å²) in [5.41, 5.74) is 8.38. The first-order valence-electron chi connectivity index (χ1n) is 18.8. The molecule has 7 aromatic rings. The van der Waals surface area contributed by atoms with Crippen LogP contribution in [0.15, 0.2) is 200 Å². The van der Waals surface area contributed by atoms with E-state index in [1.165, 1.54) is 10.8 Å². The van der Waals surface area contributed by atoms with E-state index in [-0.39, 0.29) is 6.10 Å². The predicted molar refractivity (Wildman–Crippen MR) is 224 cm³/mol. The van der Waals surface area contributed by atoms with Crippen molar-refractivity contribution in [1.82, 2.24) is 0 Å². The molecule has 1 heterocycles. The van der Waals surface area contributed by atoms with Crippen molar-refractivity contribution in [3.05, 3.63) is 200 Å². The summed E-state index contributed by atoms with van der Waals surface area (Å²) < 4.78 is 27.6. The molecule has 4 nitrogen and oxygen atoms in total. The molecule has 2 aliphatic carbocycles. The van der Waals surface area contributed by atoms with E-state index in [0.717, 1.165) is 73.3 Å². The van der Waals surface area contributed by atoms with Gasteiger partial charge in [-0.2, -0.15) is 0 Å². The SMILES string of the molecule is FC1C=CC(N(C2=CC=CC(Oc3ccc4c5c(cccc35)Oc3cc(N(c5ccccc5)c5ccc6ccccc6c5)ccc3-4)C2)c2ccccc2)=CC1. The fourth-order valence-corrected chi connectivity index (χ4v) is 8.02. The molecule has 2 unspecified atom stereocenters. The average molecular weight is 717 g/mol. The van der Waals surface area contributed by atoms with Gasteiger partial charge in [0.1, 0.15) is 29.5 Å². The van der Waals surface area contributed by atoms with Gasteiger partial charge in [-0.3, -0.25) is 0 Å². The lowest BCUT2D eigenvalue weighted by atomic mass is 9.93. The van der Waals surface area contributed by atoms with Crippen LogP contribution in [-0.4, -0.2) is 12.3 Å². The summed E-state index contributed by atoms with van der Waals surface area (Å²) >= 11 is 0. The molecule has 266 valence electrons. The Morgan fingerprint density at radius 1 is 0.600 bits per heavy atom. The molecule has 0 spiro atoms. The van der Waals surface area contributed by atoms with Gasteiger partial charge in [0.15, 0.2) is 0 Å². The second kappa shape index (κ2) is 13.9. The average Bonchev–Trinajstić information content (AvgIpc) is 3.23. The van der Waals surface area contributed by atoms with Crippen LogP contribution >= 0.6 is 0 Å². The molecule has 0 fully saturated rings. The summed E-state index contributed by atoms with van der Waals surface area (Å²) in [6.07, 6.45) is 11.6. The zero-order chi connectivity index (χ0) is 36.7. The number of ether oxygens (including phenoxy) is 2. The van der Waals surface area contributed by atoms with Crippen LogP contribution in [0.3, 0.4) is 0 Å². The highest BCUT2D eigenvalue weighted by Crippen LogP contribution is 2.51. The first-order chi connectivity index (χ1) is 27.2. The molecular formula is C50H37FN2O2. The molecule has 1 aliphatic heterocycles. The normalized spacial score (nSPS) is 16.9. The number of anilines is 4. The van der Waals surface area contributed by atoms with Crippen molar-refractivity contribution >= 4 is 44.3 Å². The van der Waals surface area contributed by atoms with Crippen molar-refractivity contribution < 1.29 is 13.9 Å². The third-order valence-electron chi connectivity index (χ3n) is 10.6. The van der Waals surface area contributed by atoms with Crippen molar-refractivity contribution in [2.24, 2.45) is 0 Å². The summed E-state index contributed by atoms with van der Waals surface area (Å²) in [6.45, 7) is 0. The van der Waals surface area contributed by atoms with Crippen molar-refractivity contribution in [3.63, 3.8) is 0 Å². The Hall–Kier alpha value is -6.85. The Balaban J connectivity index is 0.970. The smallest absolute Gasteiger partial charge is 0.137 e. The number of hydrogen-bond acceptors (Lipinski definition) is 4. The van der Waals surface area contributed by atoms with E-state index in [1.807, 2.05) is 48.6 Å². The topological polar surface area (TPSA) is 24.9 Å². The quantitative estimate of drug-likeness (QED) is 0.156. The lowest BCUT2D eigenvalue weighted by Crippen LogP contribution is -2.28. The Morgan fingerprint density at radius 2 is 1.33 bits per heavy atom. The largest absolute Gasteiger partial charge is 0.485 e. The fourth-order valence-electron chi connectivity index (χ4n) is 8.02. The summed E-state index contributed by atoms with van der Waals surface area (Å²) in [6, 6.07) is 52.7. The second-order valence-electron chi connectivity index (χ2n) is 14.1. The molecule has 2 atom stereocenters. The molecule has 0 aromatic heterocycles. The minimum Gasteiger partial charge on any atom is -0.485 e. The molecule has 5 heteroatoms. The number of benzene rings is 7. The van der Waals surface area contributed by atoms with Crippen LogP contribution in [0.25, 0.3) is 32.7 Å². The van der Waals surface area contributed by atoms with E-state index in [2.05, 4.69) is 143 Å². The maximum Gasteiger partial charge on any atom is 0.137 e. The van der Waals surface area contributed by atoms with Gasteiger partial charge in [-0.05, 0) is 107 Å². The zero-order valence-corrected chi connectivity index (χ0v) is 30.1. The van der Waals surface area contributed by atoms with Gasteiger partial charge in [0.25, 0.3) is 0 Å². The third kappa shape index (κ3) is 6.14. The molecule has 0 saturated heterocycles. The van der Waals surface area contributed by atoms with Crippen LogP contribution in [0.5, 0.6) is 17.2 Å². The van der Waals surface area contributed by atoms with Gasteiger partial charge >= 0.3 is 0 Å². The van der Waals surface area contributed by atoms with Gasteiger partial charge in [-0.25, -0.2) is 4.39 Å². The molecule has 10 rings (SSSR count). The zero-order valence-electron chi connectivity index (χ0n) is 30.1. The molecule has 0 saturated carbocycles. The van der Waals surface area contributed by atoms with Gasteiger partial charge in [-0.1, -0.05) is 91.0 Å². The summed E-state index contributed by atoms with van der Waals surface area (Å²) in [5.74, 6) is 2.41. The maximum absolute atomic E-state index is 14.1. The summed E-state index contributed by atoms with van der Waals surface area (Å²) in [4.78, 5) is 4.49. The van der Waals surface area contributed by atoms with E-state index in [9.17, 15) is 4.39 Å². The Labute approximate surface area is 320 Å². The van der Waals surface area contributed by atoms with E-state index >= 15 is 0 Å². The molecule has 0 bridgehead atoms. The standard InChI is InChI=1S/C50H37FN2O2/c51-36-22-25-39(26-23-36)52(37-13-3-1-4-14-37)40-17-9-18-43(32-40)54-47-30-29-45-44-28-27-42(33-49(44)55-48-20-10-19-46(47)50(45)48)53(38-15-5-2-6-16-38)41-24-21-34-11-7-8-12-35(34)31-41/h1-22,24-31,33,36,43H,23,32H2. The Bertz CT molecular complexity index is 2700. The highest BCUT2D eigenvalue weighted by atomic mass is 19.1. The van der Waals surface area contributed by atoms with Crippen LogP contribution in [0.2, 0.25) is 0 Å². The van der Waals surface area contributed by atoms with Gasteiger partial charge < -0.3 is 19.3 Å². The number of halogens is 1. The Morgan fingerprint density at radius 3 is 2.13 bits per heavy atom. The third-order valence-corrected chi connectivity index (χ3v) is 10.6. The van der Waals surface area contributed by atoms with Gasteiger partial charge in [0.05, 0.1) is 0 Å². The highest BCUT2D eigenvalue weighted by molar-refractivity contribution is 6.07. The number of rotatable bonds is 8. The van der Waals surface area contributed by atoms with Crippen LogP contribution < -0.4 is 19.3 Å². The minimum absolute atomic E-state index is 0.205. The molecule has 0 radical (unpaired) electrons. The number of alkyl halides is 1. The van der Waals surface area contributed by atoms with Crippen molar-refractivity contribution in [3.8, 4) is 28.4 Å². The lowest BCUT2D eigenvalue weighted by Gasteiger charge is -2.33. The first kappa shape index (κ1) is 32.8. The Kier molecular flexibility index (Phi) is 8.25. The maximum atomic E-state index is 14.1. The molecule has 0 amide bonds. The van der Waals surface area contributed by atoms with E-state index in [1.54, 1.807) is 6.08 Å². The van der Waals surface area contributed by atoms with Crippen molar-refractivity contribution in [2.45, 2.75) is 25.1 Å². The molecule has 55 heavy (non-hydrogen) atoms. The molecule has 0 N–H and O–H groups in total. The van der Waals surface area contributed by atoms with Crippen LogP contribution in [0.4, 0.5) is 27.1 Å². The minimum atomic E-state index is -0.956. The van der Waals surface area contributed by atoms with Gasteiger partial charge in [-0.15, -0.1) is 0 Å². The van der Waals surface area contributed by atoms with Gasteiger partial charge in [0, 0.05) is 69.4 Å². The predicted octanol–water partition coefficient (Wildman–Crippen LogP) is 13.5. The van der Waals surface area contributed by atoms with E-state index in [4.69, 9.17) is 9.47 Å². The number of para-hydroxylation sites is 2. The van der Waals surface area contributed by atoms with Crippen molar-refractivity contribution in [2.75, 3.05) is 9.80 Å². The summed E-state index contributed by atoms with van der Waals surface area (Å²) in [7, 11) is 0. The molecule has 3 aliphatic rings. The lowest BCUT2D eigenvalue weighted by molar-refractivity contribution is 0.250. The number of allylic oxidation sites excluding steroid dienone is 5. The van der Waals surface area contributed by atoms with Crippen LogP contribution in [0, 0.1) is 0 Å². The summed E-state index contributed by atoms with van der Waals surface area (Å²) in [5, 5.41) is 4.43. The van der Waals surface area contributed by atoms with E-state index in [0.29, 0.717) is 12.8 Å². The molecular weight excluding hydrogens is 680 g/mol. The van der Waals surface area contributed by atoms with Crippen molar-refractivity contribution in [1.29, 1.82) is 0 Å². The van der Waals surface area contributed by atoms with Crippen LogP contribution in [-0.2, 0) is 0 Å². The number of hydrogen-bond donors (Lipinski definition) is 0.